The van der Waals surface area contributed by atoms with Crippen LogP contribution < -0.4 is 15.2 Å². The number of carbonyl (C=O) groups excluding carboxylic acids is 3. The zero-order chi connectivity index (χ0) is 26.2. The molecule has 190 valence electrons. The van der Waals surface area contributed by atoms with Crippen LogP contribution in [-0.2, 0) is 23.9 Å². The summed E-state index contributed by atoms with van der Waals surface area (Å²) in [5.74, 6) is -4.65. The number of hydrogen-bond acceptors (Lipinski definition) is 8. The molecule has 3 atom stereocenters. The fraction of sp³-hybridized carbons (Fsp3) is 0.600. The minimum Gasteiger partial charge on any atom is -0.480 e. The van der Waals surface area contributed by atoms with Gasteiger partial charge in [-0.15, -0.1) is 0 Å². The monoisotopic (exact) mass is 479 g/mol. The van der Waals surface area contributed by atoms with E-state index in [4.69, 9.17) is 19.9 Å². The molecule has 0 fully saturated rings. The van der Waals surface area contributed by atoms with Gasteiger partial charge in [0.25, 0.3) is 0 Å². The molecule has 0 radical (unpaired) electrons. The van der Waals surface area contributed by atoms with Crippen molar-refractivity contribution in [2.75, 3.05) is 6.61 Å². The largest absolute Gasteiger partial charge is 0.480 e. The predicted octanol–water partition coefficient (Wildman–Crippen LogP) is 3.53. The number of carbonyl (C=O) groups is 4. The van der Waals surface area contributed by atoms with Gasteiger partial charge in [-0.1, -0.05) is 54.5 Å². The summed E-state index contributed by atoms with van der Waals surface area (Å²) in [6, 6.07) is 3.13. The van der Waals surface area contributed by atoms with E-state index in [9.17, 15) is 24.3 Å². The van der Waals surface area contributed by atoms with E-state index in [1.807, 2.05) is 13.8 Å². The summed E-state index contributed by atoms with van der Waals surface area (Å²) in [5, 5.41) is 9.59. The summed E-state index contributed by atoms with van der Waals surface area (Å²) in [5.41, 5.74) is 6.45. The number of rotatable bonds is 12. The third kappa shape index (κ3) is 8.78. The number of hydrogen-bond donors (Lipinski definition) is 2. The Bertz CT molecular complexity index is 878. The van der Waals surface area contributed by atoms with Crippen molar-refractivity contribution in [3.63, 3.8) is 0 Å². The number of carboxylic acids is 1. The zero-order valence-corrected chi connectivity index (χ0v) is 21.0. The molecule has 3 N–H and O–H groups in total. The Hall–Kier alpha value is -2.94. The zero-order valence-electron chi connectivity index (χ0n) is 21.0. The number of carboxylic acid groups (broad SMARTS) is 1. The Morgan fingerprint density at radius 2 is 1.41 bits per heavy atom. The van der Waals surface area contributed by atoms with Crippen molar-refractivity contribution < 1.29 is 38.5 Å². The molecule has 0 aliphatic rings. The second kappa shape index (κ2) is 13.1. The lowest BCUT2D eigenvalue weighted by Gasteiger charge is -2.28. The van der Waals surface area contributed by atoms with E-state index in [1.165, 1.54) is 12.1 Å². The molecule has 0 saturated carbocycles. The average Bonchev–Trinajstić information content (AvgIpc) is 2.73. The number of esters is 3. The van der Waals surface area contributed by atoms with Gasteiger partial charge in [-0.2, -0.15) is 0 Å². The van der Waals surface area contributed by atoms with Crippen molar-refractivity contribution in [1.82, 2.24) is 0 Å². The first-order valence-electron chi connectivity index (χ1n) is 11.5. The maximum Gasteiger partial charge on any atom is 0.321 e. The average molecular weight is 480 g/mol. The Labute approximate surface area is 200 Å². The van der Waals surface area contributed by atoms with Gasteiger partial charge >= 0.3 is 23.9 Å². The summed E-state index contributed by atoms with van der Waals surface area (Å²) in [7, 11) is 0. The second-order valence-electron chi connectivity index (χ2n) is 9.51. The maximum atomic E-state index is 12.3. The summed E-state index contributed by atoms with van der Waals surface area (Å²) in [6.45, 7) is 12.1. The van der Waals surface area contributed by atoms with Gasteiger partial charge in [0.1, 0.15) is 6.04 Å². The van der Waals surface area contributed by atoms with Gasteiger partial charge in [-0.05, 0) is 29.5 Å². The van der Waals surface area contributed by atoms with Crippen LogP contribution in [0.15, 0.2) is 18.2 Å². The first-order valence-corrected chi connectivity index (χ1v) is 11.5. The molecule has 1 rings (SSSR count). The van der Waals surface area contributed by atoms with Crippen molar-refractivity contribution in [3.8, 4) is 11.5 Å². The first kappa shape index (κ1) is 29.1. The minimum absolute atomic E-state index is 0.0169. The van der Waals surface area contributed by atoms with Crippen LogP contribution in [0, 0.1) is 23.7 Å². The highest BCUT2D eigenvalue weighted by atomic mass is 16.6. The Morgan fingerprint density at radius 3 is 1.88 bits per heavy atom. The third-order valence-corrected chi connectivity index (χ3v) is 5.08. The molecule has 0 aliphatic heterocycles. The highest BCUT2D eigenvalue weighted by Crippen LogP contribution is 2.36. The van der Waals surface area contributed by atoms with Gasteiger partial charge in [0.2, 0.25) is 0 Å². The normalized spacial score (nSPS) is 14.0. The molecule has 0 bridgehead atoms. The number of benzene rings is 1. The highest BCUT2D eigenvalue weighted by molar-refractivity contribution is 5.78. The molecule has 0 aliphatic carbocycles. The molecule has 9 nitrogen and oxygen atoms in total. The van der Waals surface area contributed by atoms with Crippen LogP contribution in [0.4, 0.5) is 0 Å². The Kier molecular flexibility index (Phi) is 11.2. The van der Waals surface area contributed by atoms with E-state index in [2.05, 4.69) is 0 Å². The molecule has 0 saturated heterocycles. The van der Waals surface area contributed by atoms with E-state index in [0.29, 0.717) is 5.56 Å². The standard InChI is InChI=1S/C25H37NO8/c1-13(2)10-20(27)32-12-16(7)21(22(26)23(28)29)17-8-9-18(33-24(30)14(3)4)19(11-17)34-25(31)15(5)6/h8-9,11,13-16,21-22H,10,12,26H2,1-7H3,(H,28,29)/t16?,21?,22-/m0/s1. The molecule has 0 amide bonds. The molecule has 34 heavy (non-hydrogen) atoms. The van der Waals surface area contributed by atoms with Gasteiger partial charge in [-0.3, -0.25) is 19.2 Å². The second-order valence-corrected chi connectivity index (χ2v) is 9.51. The Morgan fingerprint density at radius 1 is 0.882 bits per heavy atom. The van der Waals surface area contributed by atoms with E-state index in [1.54, 1.807) is 40.7 Å². The van der Waals surface area contributed by atoms with Crippen molar-refractivity contribution in [3.05, 3.63) is 23.8 Å². The van der Waals surface area contributed by atoms with Crippen molar-refractivity contribution in [2.24, 2.45) is 29.4 Å². The minimum atomic E-state index is -1.32. The van der Waals surface area contributed by atoms with E-state index >= 15 is 0 Å². The lowest BCUT2D eigenvalue weighted by atomic mass is 9.82. The predicted molar refractivity (Wildman–Crippen MR) is 125 cm³/mol. The highest BCUT2D eigenvalue weighted by Gasteiger charge is 2.33. The van der Waals surface area contributed by atoms with Gasteiger partial charge < -0.3 is 25.1 Å². The maximum absolute atomic E-state index is 12.3. The summed E-state index contributed by atoms with van der Waals surface area (Å²) in [4.78, 5) is 48.1. The van der Waals surface area contributed by atoms with Gasteiger partial charge in [0, 0.05) is 12.3 Å². The van der Waals surface area contributed by atoms with E-state index in [-0.39, 0.29) is 36.4 Å². The number of nitrogens with two attached hydrogens (primary N) is 1. The molecule has 1 aromatic rings. The molecular formula is C25H37NO8. The molecule has 2 unspecified atom stereocenters. The fourth-order valence-corrected chi connectivity index (χ4v) is 3.11. The lowest BCUT2D eigenvalue weighted by molar-refractivity contribution is -0.146. The van der Waals surface area contributed by atoms with Crippen LogP contribution in [0.1, 0.15) is 66.4 Å². The molecule has 0 aromatic heterocycles. The van der Waals surface area contributed by atoms with Crippen LogP contribution in [0.25, 0.3) is 0 Å². The van der Waals surface area contributed by atoms with Crippen molar-refractivity contribution >= 4 is 23.9 Å². The van der Waals surface area contributed by atoms with Crippen LogP contribution in [0.3, 0.4) is 0 Å². The SMILES string of the molecule is CC(C)CC(=O)OCC(C)C(c1ccc(OC(=O)C(C)C)c(OC(=O)C(C)C)c1)[C@H](N)C(=O)O. The third-order valence-electron chi connectivity index (χ3n) is 5.08. The number of ether oxygens (including phenoxy) is 3. The smallest absolute Gasteiger partial charge is 0.321 e. The van der Waals surface area contributed by atoms with Gasteiger partial charge in [0.05, 0.1) is 18.4 Å². The molecule has 0 heterocycles. The van der Waals surface area contributed by atoms with Crippen LogP contribution >= 0.6 is 0 Å². The topological polar surface area (TPSA) is 142 Å². The quantitative estimate of drug-likeness (QED) is 0.340. The molecule has 0 spiro atoms. The molecular weight excluding hydrogens is 442 g/mol. The van der Waals surface area contributed by atoms with Crippen LogP contribution in [-0.4, -0.2) is 41.6 Å². The summed E-state index contributed by atoms with van der Waals surface area (Å²) in [6.07, 6.45) is 0.244. The number of aliphatic carboxylic acids is 1. The van der Waals surface area contributed by atoms with Crippen molar-refractivity contribution in [1.29, 1.82) is 0 Å². The van der Waals surface area contributed by atoms with Gasteiger partial charge in [0.15, 0.2) is 11.5 Å². The van der Waals surface area contributed by atoms with Crippen LogP contribution in [0.5, 0.6) is 11.5 Å². The summed E-state index contributed by atoms with van der Waals surface area (Å²) < 4.78 is 16.2. The first-order chi connectivity index (χ1) is 15.7. The van der Waals surface area contributed by atoms with E-state index < -0.39 is 47.6 Å². The molecule has 9 heteroatoms. The summed E-state index contributed by atoms with van der Waals surface area (Å²) >= 11 is 0. The Balaban J connectivity index is 3.36. The van der Waals surface area contributed by atoms with Gasteiger partial charge in [-0.25, -0.2) is 0 Å². The van der Waals surface area contributed by atoms with Crippen molar-refractivity contribution in [2.45, 2.75) is 66.8 Å². The molecule has 1 aromatic carbocycles. The fourth-order valence-electron chi connectivity index (χ4n) is 3.11. The lowest BCUT2D eigenvalue weighted by Crippen LogP contribution is -2.40. The van der Waals surface area contributed by atoms with Crippen LogP contribution in [0.2, 0.25) is 0 Å². The van der Waals surface area contributed by atoms with E-state index in [0.717, 1.165) is 0 Å².